The summed E-state index contributed by atoms with van der Waals surface area (Å²) in [6, 6.07) is 4.07. The standard InChI is InChI=1S/C7H10BrNOS/c1-2-5(9-10)6-3-4-7(8)11-6/h3-5,9-10H,2H2,1H3/t5-/m1/s1. The van der Waals surface area contributed by atoms with Crippen molar-refractivity contribution >= 4 is 27.3 Å². The molecule has 0 spiro atoms. The van der Waals surface area contributed by atoms with Gasteiger partial charge in [0.15, 0.2) is 0 Å². The van der Waals surface area contributed by atoms with Gasteiger partial charge in [-0.1, -0.05) is 6.92 Å². The molecule has 0 aliphatic carbocycles. The molecule has 1 aromatic rings. The number of hydrogen-bond donors (Lipinski definition) is 2. The first kappa shape index (κ1) is 9.19. The molecule has 0 amide bonds. The third kappa shape index (κ3) is 2.27. The molecule has 2 nitrogen and oxygen atoms in total. The molecule has 0 aliphatic rings. The number of hydroxylamine groups is 1. The van der Waals surface area contributed by atoms with Gasteiger partial charge >= 0.3 is 0 Å². The molecule has 0 bridgehead atoms. The minimum absolute atomic E-state index is 0.0753. The SMILES string of the molecule is CC[C@@H](NO)c1ccc(Br)s1. The predicted octanol–water partition coefficient (Wildman–Crippen LogP) is 2.94. The van der Waals surface area contributed by atoms with Crippen LogP contribution in [0, 0.1) is 0 Å². The summed E-state index contributed by atoms with van der Waals surface area (Å²) in [4.78, 5) is 1.15. The van der Waals surface area contributed by atoms with Crippen LogP contribution in [0.1, 0.15) is 24.3 Å². The van der Waals surface area contributed by atoms with Gasteiger partial charge in [-0.05, 0) is 34.5 Å². The minimum Gasteiger partial charge on any atom is -0.316 e. The van der Waals surface area contributed by atoms with Crippen LogP contribution in [-0.2, 0) is 0 Å². The summed E-state index contributed by atoms with van der Waals surface area (Å²) in [6.45, 7) is 2.03. The largest absolute Gasteiger partial charge is 0.316 e. The Labute approximate surface area is 78.3 Å². The number of halogens is 1. The maximum Gasteiger partial charge on any atom is 0.0702 e. The first-order valence-electron chi connectivity index (χ1n) is 3.42. The van der Waals surface area contributed by atoms with Crippen molar-refractivity contribution in [2.75, 3.05) is 0 Å². The molecule has 0 radical (unpaired) electrons. The molecule has 62 valence electrons. The maximum atomic E-state index is 8.73. The molecule has 0 fully saturated rings. The highest BCUT2D eigenvalue weighted by atomic mass is 79.9. The van der Waals surface area contributed by atoms with Crippen molar-refractivity contribution < 1.29 is 5.21 Å². The lowest BCUT2D eigenvalue weighted by Crippen LogP contribution is -2.14. The number of rotatable bonds is 3. The molecule has 0 unspecified atom stereocenters. The summed E-state index contributed by atoms with van der Waals surface area (Å²) in [6.07, 6.45) is 0.892. The van der Waals surface area contributed by atoms with Crippen molar-refractivity contribution in [2.24, 2.45) is 0 Å². The van der Waals surface area contributed by atoms with Crippen molar-refractivity contribution in [1.82, 2.24) is 5.48 Å². The average Bonchev–Trinajstić information content (AvgIpc) is 2.39. The zero-order valence-corrected chi connectivity index (χ0v) is 8.58. The Bertz CT molecular complexity index is 222. The van der Waals surface area contributed by atoms with Crippen LogP contribution in [0.5, 0.6) is 0 Å². The molecule has 4 heteroatoms. The molecule has 2 N–H and O–H groups in total. The van der Waals surface area contributed by atoms with E-state index in [-0.39, 0.29) is 6.04 Å². The highest BCUT2D eigenvalue weighted by Crippen LogP contribution is 2.28. The summed E-state index contributed by atoms with van der Waals surface area (Å²) in [5.41, 5.74) is 2.27. The van der Waals surface area contributed by atoms with E-state index in [9.17, 15) is 0 Å². The number of thiophene rings is 1. The third-order valence-electron chi connectivity index (χ3n) is 1.50. The van der Waals surface area contributed by atoms with Crippen molar-refractivity contribution in [1.29, 1.82) is 0 Å². The third-order valence-corrected chi connectivity index (χ3v) is 3.24. The van der Waals surface area contributed by atoms with Crippen LogP contribution in [0.25, 0.3) is 0 Å². The van der Waals surface area contributed by atoms with E-state index in [4.69, 9.17) is 5.21 Å². The molecule has 1 aromatic heterocycles. The van der Waals surface area contributed by atoms with Crippen molar-refractivity contribution in [3.63, 3.8) is 0 Å². The Kier molecular flexibility index (Phi) is 3.51. The second-order valence-corrected chi connectivity index (χ2v) is 4.73. The number of nitrogens with one attached hydrogen (secondary N) is 1. The molecule has 1 atom stereocenters. The molecular formula is C7H10BrNOS. The molecule has 1 heterocycles. The van der Waals surface area contributed by atoms with Crippen LogP contribution in [0.3, 0.4) is 0 Å². The second-order valence-electron chi connectivity index (χ2n) is 2.23. The lowest BCUT2D eigenvalue weighted by molar-refractivity contribution is 0.125. The van der Waals surface area contributed by atoms with Gasteiger partial charge in [0.1, 0.15) is 0 Å². The van der Waals surface area contributed by atoms with Gasteiger partial charge in [0, 0.05) is 4.88 Å². The van der Waals surface area contributed by atoms with E-state index in [1.165, 1.54) is 0 Å². The van der Waals surface area contributed by atoms with Crippen LogP contribution in [-0.4, -0.2) is 5.21 Å². The van der Waals surface area contributed by atoms with E-state index in [0.29, 0.717) is 0 Å². The minimum atomic E-state index is 0.0753. The first-order valence-corrected chi connectivity index (χ1v) is 5.03. The summed E-state index contributed by atoms with van der Waals surface area (Å²) in [5.74, 6) is 0. The van der Waals surface area contributed by atoms with Crippen molar-refractivity contribution in [3.05, 3.63) is 20.8 Å². The van der Waals surface area contributed by atoms with Crippen molar-refractivity contribution in [3.8, 4) is 0 Å². The highest BCUT2D eigenvalue weighted by molar-refractivity contribution is 9.11. The van der Waals surface area contributed by atoms with E-state index < -0.39 is 0 Å². The normalized spacial score (nSPS) is 13.4. The first-order chi connectivity index (χ1) is 5.27. The van der Waals surface area contributed by atoms with Crippen LogP contribution >= 0.6 is 27.3 Å². The fourth-order valence-electron chi connectivity index (χ4n) is 0.872. The van der Waals surface area contributed by atoms with Gasteiger partial charge in [0.25, 0.3) is 0 Å². The smallest absolute Gasteiger partial charge is 0.0702 e. The Hall–Kier alpha value is 0.1000. The van der Waals surface area contributed by atoms with Gasteiger partial charge < -0.3 is 5.21 Å². The monoisotopic (exact) mass is 235 g/mol. The van der Waals surface area contributed by atoms with Gasteiger partial charge in [-0.2, -0.15) is 5.48 Å². The summed E-state index contributed by atoms with van der Waals surface area (Å²) in [7, 11) is 0. The van der Waals surface area contributed by atoms with E-state index in [1.807, 2.05) is 19.1 Å². The maximum absolute atomic E-state index is 8.73. The van der Waals surface area contributed by atoms with E-state index in [1.54, 1.807) is 11.3 Å². The lowest BCUT2D eigenvalue weighted by Gasteiger charge is -2.08. The molecule has 0 saturated carbocycles. The van der Waals surface area contributed by atoms with Crippen LogP contribution < -0.4 is 5.48 Å². The Morgan fingerprint density at radius 2 is 2.45 bits per heavy atom. The average molecular weight is 236 g/mol. The van der Waals surface area contributed by atoms with Gasteiger partial charge in [0.05, 0.1) is 9.83 Å². The fourth-order valence-corrected chi connectivity index (χ4v) is 2.42. The zero-order chi connectivity index (χ0) is 8.27. The van der Waals surface area contributed by atoms with Gasteiger partial charge in [-0.15, -0.1) is 11.3 Å². The van der Waals surface area contributed by atoms with E-state index in [2.05, 4.69) is 21.4 Å². The molecule has 0 aromatic carbocycles. The molecule has 1 rings (SSSR count). The Balaban J connectivity index is 2.73. The summed E-state index contributed by atoms with van der Waals surface area (Å²) >= 11 is 5.01. The molecular weight excluding hydrogens is 226 g/mol. The predicted molar refractivity (Wildman–Crippen MR) is 50.0 cm³/mol. The van der Waals surface area contributed by atoms with Gasteiger partial charge in [0.2, 0.25) is 0 Å². The Morgan fingerprint density at radius 1 is 1.73 bits per heavy atom. The van der Waals surface area contributed by atoms with E-state index >= 15 is 0 Å². The quantitative estimate of drug-likeness (QED) is 0.791. The fraction of sp³-hybridized carbons (Fsp3) is 0.429. The summed E-state index contributed by atoms with van der Waals surface area (Å²) < 4.78 is 1.10. The highest BCUT2D eigenvalue weighted by Gasteiger charge is 2.08. The van der Waals surface area contributed by atoms with Gasteiger partial charge in [-0.3, -0.25) is 0 Å². The Morgan fingerprint density at radius 3 is 2.82 bits per heavy atom. The second kappa shape index (κ2) is 4.21. The topological polar surface area (TPSA) is 32.3 Å². The molecule has 0 aliphatic heterocycles. The van der Waals surface area contributed by atoms with Crippen molar-refractivity contribution in [2.45, 2.75) is 19.4 Å². The summed E-state index contributed by atoms with van der Waals surface area (Å²) in [5, 5.41) is 8.73. The van der Waals surface area contributed by atoms with E-state index in [0.717, 1.165) is 15.1 Å². The van der Waals surface area contributed by atoms with Crippen LogP contribution in [0.15, 0.2) is 15.9 Å². The zero-order valence-electron chi connectivity index (χ0n) is 6.17. The molecule has 11 heavy (non-hydrogen) atoms. The number of hydrogen-bond acceptors (Lipinski definition) is 3. The molecule has 0 saturated heterocycles. The van der Waals surface area contributed by atoms with Crippen LogP contribution in [0.2, 0.25) is 0 Å². The lowest BCUT2D eigenvalue weighted by atomic mass is 10.2. The van der Waals surface area contributed by atoms with Crippen LogP contribution in [0.4, 0.5) is 0 Å². The van der Waals surface area contributed by atoms with Gasteiger partial charge in [-0.25, -0.2) is 0 Å².